The second-order valence-corrected chi connectivity index (χ2v) is 3.93. The summed E-state index contributed by atoms with van der Waals surface area (Å²) in [4.78, 5) is 4.41. The normalized spacial score (nSPS) is 10.4. The summed E-state index contributed by atoms with van der Waals surface area (Å²) in [6, 6.07) is 4.33. The maximum absolute atomic E-state index is 5.62. The Balaban J connectivity index is 2.38. The van der Waals surface area contributed by atoms with E-state index in [1.54, 1.807) is 0 Å². The van der Waals surface area contributed by atoms with E-state index in [4.69, 9.17) is 11.6 Å². The molecule has 0 amide bonds. The molecule has 0 aliphatic carbocycles. The summed E-state index contributed by atoms with van der Waals surface area (Å²) >= 11 is 5.62. The van der Waals surface area contributed by atoms with Crippen LogP contribution in [0.5, 0.6) is 0 Å². The molecule has 0 aliphatic rings. The molecular formula is C12H18ClN. The summed E-state index contributed by atoms with van der Waals surface area (Å²) < 4.78 is 0. The lowest BCUT2D eigenvalue weighted by Crippen LogP contribution is -1.92. The Bertz CT molecular complexity index is 243. The first kappa shape index (κ1) is 11.5. The highest BCUT2D eigenvalue weighted by molar-refractivity contribution is 6.17. The van der Waals surface area contributed by atoms with Crippen molar-refractivity contribution in [3.05, 3.63) is 29.6 Å². The molecule has 0 saturated heterocycles. The summed E-state index contributed by atoms with van der Waals surface area (Å²) in [5.41, 5.74) is 2.53. The van der Waals surface area contributed by atoms with E-state index in [0.717, 1.165) is 31.6 Å². The maximum atomic E-state index is 5.62. The molecule has 0 spiro atoms. The van der Waals surface area contributed by atoms with Crippen LogP contribution in [0.2, 0.25) is 0 Å². The van der Waals surface area contributed by atoms with Crippen LogP contribution in [0.25, 0.3) is 0 Å². The van der Waals surface area contributed by atoms with Gasteiger partial charge < -0.3 is 0 Å². The molecule has 0 atom stereocenters. The highest BCUT2D eigenvalue weighted by Gasteiger charge is 1.95. The first-order valence-corrected chi connectivity index (χ1v) is 5.90. The van der Waals surface area contributed by atoms with E-state index < -0.39 is 0 Å². The van der Waals surface area contributed by atoms with Crippen molar-refractivity contribution in [1.82, 2.24) is 4.98 Å². The van der Waals surface area contributed by atoms with E-state index in [2.05, 4.69) is 24.0 Å². The molecule has 0 N–H and O–H groups in total. The molecule has 0 bridgehead atoms. The van der Waals surface area contributed by atoms with E-state index in [1.165, 1.54) is 17.7 Å². The number of alkyl halides is 1. The number of halogens is 1. The van der Waals surface area contributed by atoms with Gasteiger partial charge in [0.25, 0.3) is 0 Å². The monoisotopic (exact) mass is 211 g/mol. The standard InChI is InChI=1S/C12H18ClN/c1-2-5-12-8-7-11(10-14-12)6-3-4-9-13/h7-8,10H,2-6,9H2,1H3. The maximum Gasteiger partial charge on any atom is 0.0403 e. The number of hydrogen-bond donors (Lipinski definition) is 0. The van der Waals surface area contributed by atoms with Crippen LogP contribution in [0.1, 0.15) is 37.4 Å². The topological polar surface area (TPSA) is 12.9 Å². The fourth-order valence-electron chi connectivity index (χ4n) is 1.43. The molecule has 1 nitrogen and oxygen atoms in total. The van der Waals surface area contributed by atoms with Gasteiger partial charge >= 0.3 is 0 Å². The van der Waals surface area contributed by atoms with Crippen molar-refractivity contribution in [3.8, 4) is 0 Å². The molecule has 78 valence electrons. The molecule has 1 aromatic heterocycles. The molecule has 14 heavy (non-hydrogen) atoms. The number of rotatable bonds is 6. The molecule has 1 rings (SSSR count). The van der Waals surface area contributed by atoms with Crippen molar-refractivity contribution in [2.75, 3.05) is 5.88 Å². The Hall–Kier alpha value is -0.560. The number of aryl methyl sites for hydroxylation is 2. The van der Waals surface area contributed by atoms with Crippen LogP contribution < -0.4 is 0 Å². The molecule has 0 aliphatic heterocycles. The number of aromatic nitrogens is 1. The van der Waals surface area contributed by atoms with Gasteiger partial charge in [0, 0.05) is 17.8 Å². The third kappa shape index (κ3) is 4.10. The van der Waals surface area contributed by atoms with Crippen LogP contribution in [-0.4, -0.2) is 10.9 Å². The SMILES string of the molecule is CCCc1ccc(CCCCCl)cn1. The lowest BCUT2D eigenvalue weighted by molar-refractivity contribution is 0.792. The van der Waals surface area contributed by atoms with Gasteiger partial charge in [0.1, 0.15) is 0 Å². The average Bonchev–Trinajstić information content (AvgIpc) is 2.21. The van der Waals surface area contributed by atoms with Crippen LogP contribution in [-0.2, 0) is 12.8 Å². The van der Waals surface area contributed by atoms with Gasteiger partial charge in [-0.25, -0.2) is 0 Å². The molecule has 0 aromatic carbocycles. The largest absolute Gasteiger partial charge is 0.261 e. The van der Waals surface area contributed by atoms with Gasteiger partial charge in [-0.1, -0.05) is 19.4 Å². The minimum Gasteiger partial charge on any atom is -0.261 e. The summed E-state index contributed by atoms with van der Waals surface area (Å²) in [5.74, 6) is 0.765. The van der Waals surface area contributed by atoms with Crippen molar-refractivity contribution in [2.45, 2.75) is 39.0 Å². The van der Waals surface area contributed by atoms with E-state index >= 15 is 0 Å². The molecule has 1 heterocycles. The zero-order valence-corrected chi connectivity index (χ0v) is 9.56. The highest BCUT2D eigenvalue weighted by Crippen LogP contribution is 2.06. The predicted octanol–water partition coefficient (Wildman–Crippen LogP) is 3.60. The lowest BCUT2D eigenvalue weighted by Gasteiger charge is -2.01. The van der Waals surface area contributed by atoms with Gasteiger partial charge in [0.05, 0.1) is 0 Å². The van der Waals surface area contributed by atoms with Gasteiger partial charge in [-0.3, -0.25) is 4.98 Å². The Labute approximate surface area is 91.5 Å². The van der Waals surface area contributed by atoms with Gasteiger partial charge in [-0.2, -0.15) is 0 Å². The van der Waals surface area contributed by atoms with Gasteiger partial charge in [0.2, 0.25) is 0 Å². The van der Waals surface area contributed by atoms with Crippen molar-refractivity contribution in [3.63, 3.8) is 0 Å². The third-order valence-electron chi connectivity index (χ3n) is 2.24. The van der Waals surface area contributed by atoms with Gasteiger partial charge in [-0.15, -0.1) is 11.6 Å². The number of hydrogen-bond acceptors (Lipinski definition) is 1. The Kier molecular flexibility index (Phi) is 5.62. The minimum absolute atomic E-state index is 0.765. The van der Waals surface area contributed by atoms with E-state index in [1.807, 2.05) is 6.20 Å². The predicted molar refractivity (Wildman–Crippen MR) is 61.9 cm³/mol. The summed E-state index contributed by atoms with van der Waals surface area (Å²) in [6.07, 6.45) is 7.61. The quantitative estimate of drug-likeness (QED) is 0.518. The van der Waals surface area contributed by atoms with E-state index in [-0.39, 0.29) is 0 Å². The van der Waals surface area contributed by atoms with Crippen LogP contribution >= 0.6 is 11.6 Å². The summed E-state index contributed by atoms with van der Waals surface area (Å²) in [5, 5.41) is 0. The van der Waals surface area contributed by atoms with E-state index in [9.17, 15) is 0 Å². The zero-order valence-electron chi connectivity index (χ0n) is 8.80. The van der Waals surface area contributed by atoms with Crippen LogP contribution in [0.3, 0.4) is 0 Å². The number of nitrogens with zero attached hydrogens (tertiary/aromatic N) is 1. The Morgan fingerprint density at radius 3 is 2.64 bits per heavy atom. The minimum atomic E-state index is 0.765. The fourth-order valence-corrected chi connectivity index (χ4v) is 1.62. The second kappa shape index (κ2) is 6.83. The van der Waals surface area contributed by atoms with Crippen molar-refractivity contribution >= 4 is 11.6 Å². The molecule has 0 unspecified atom stereocenters. The zero-order chi connectivity index (χ0) is 10.2. The smallest absolute Gasteiger partial charge is 0.0403 e. The number of pyridine rings is 1. The summed E-state index contributed by atoms with van der Waals surface area (Å²) in [7, 11) is 0. The van der Waals surface area contributed by atoms with Crippen molar-refractivity contribution < 1.29 is 0 Å². The van der Waals surface area contributed by atoms with Gasteiger partial charge in [0.15, 0.2) is 0 Å². The average molecular weight is 212 g/mol. The Morgan fingerprint density at radius 1 is 1.21 bits per heavy atom. The fraction of sp³-hybridized carbons (Fsp3) is 0.583. The summed E-state index contributed by atoms with van der Waals surface area (Å²) in [6.45, 7) is 2.18. The van der Waals surface area contributed by atoms with Gasteiger partial charge in [-0.05, 0) is 37.3 Å². The first-order valence-electron chi connectivity index (χ1n) is 5.36. The lowest BCUT2D eigenvalue weighted by atomic mass is 10.1. The van der Waals surface area contributed by atoms with Crippen molar-refractivity contribution in [2.24, 2.45) is 0 Å². The molecule has 0 fully saturated rings. The molecule has 1 aromatic rings. The first-order chi connectivity index (χ1) is 6.86. The van der Waals surface area contributed by atoms with Crippen molar-refractivity contribution in [1.29, 1.82) is 0 Å². The van der Waals surface area contributed by atoms with E-state index in [0.29, 0.717) is 0 Å². The highest BCUT2D eigenvalue weighted by atomic mass is 35.5. The Morgan fingerprint density at radius 2 is 2.07 bits per heavy atom. The second-order valence-electron chi connectivity index (χ2n) is 3.55. The van der Waals surface area contributed by atoms with Crippen LogP contribution in [0, 0.1) is 0 Å². The molecule has 2 heteroatoms. The molecule has 0 radical (unpaired) electrons. The number of unbranched alkanes of at least 4 members (excludes halogenated alkanes) is 1. The molecular weight excluding hydrogens is 194 g/mol. The van der Waals surface area contributed by atoms with Crippen LogP contribution in [0.15, 0.2) is 18.3 Å². The third-order valence-corrected chi connectivity index (χ3v) is 2.51. The van der Waals surface area contributed by atoms with Crippen LogP contribution in [0.4, 0.5) is 0 Å². The molecule has 0 saturated carbocycles.